The number of ether oxygens (including phenoxy) is 1. The first-order chi connectivity index (χ1) is 10.6. The van der Waals surface area contributed by atoms with Gasteiger partial charge in [-0.2, -0.15) is 0 Å². The van der Waals surface area contributed by atoms with E-state index in [2.05, 4.69) is 15.2 Å². The van der Waals surface area contributed by atoms with Crippen molar-refractivity contribution in [2.75, 3.05) is 26.7 Å². The Balaban J connectivity index is 0.00000264. The van der Waals surface area contributed by atoms with Crippen molar-refractivity contribution in [3.05, 3.63) is 23.7 Å². The molecule has 130 valence electrons. The Hall–Kier alpha value is -1.29. The average Bonchev–Trinajstić information content (AvgIpc) is 2.99. The maximum absolute atomic E-state index is 11.0. The number of piperidine rings is 1. The molecule has 0 bridgehead atoms. The highest BCUT2D eigenvalue weighted by molar-refractivity contribution is 14.0. The van der Waals surface area contributed by atoms with Crippen LogP contribution in [-0.4, -0.2) is 49.6 Å². The molecule has 8 heteroatoms. The van der Waals surface area contributed by atoms with Gasteiger partial charge >= 0.3 is 0 Å². The molecule has 1 saturated heterocycles. The molecule has 1 aliphatic rings. The fourth-order valence-electron chi connectivity index (χ4n) is 2.57. The molecule has 0 radical (unpaired) electrons. The maximum Gasteiger partial charge on any atom is 0.284 e. The van der Waals surface area contributed by atoms with Gasteiger partial charge in [-0.15, -0.1) is 24.0 Å². The largest absolute Gasteiger partial charge is 0.454 e. The Morgan fingerprint density at radius 3 is 2.70 bits per heavy atom. The first-order valence-electron chi connectivity index (χ1n) is 7.59. The van der Waals surface area contributed by atoms with Crippen molar-refractivity contribution in [3.63, 3.8) is 0 Å². The van der Waals surface area contributed by atoms with Gasteiger partial charge in [-0.3, -0.25) is 9.79 Å². The third kappa shape index (κ3) is 5.69. The van der Waals surface area contributed by atoms with Crippen molar-refractivity contribution in [1.29, 1.82) is 0 Å². The number of nitrogens with zero attached hydrogens (tertiary/aromatic N) is 2. The van der Waals surface area contributed by atoms with E-state index in [1.165, 1.54) is 0 Å². The topological polar surface area (TPSA) is 93.1 Å². The number of aliphatic imine (C=N–C) groups is 1. The summed E-state index contributed by atoms with van der Waals surface area (Å²) in [6.45, 7) is 5.07. The number of amides is 1. The molecule has 23 heavy (non-hydrogen) atoms. The highest BCUT2D eigenvalue weighted by Crippen LogP contribution is 2.14. The van der Waals surface area contributed by atoms with Crippen LogP contribution in [-0.2, 0) is 11.3 Å². The van der Waals surface area contributed by atoms with Gasteiger partial charge in [0.15, 0.2) is 11.7 Å². The molecule has 1 aromatic heterocycles. The summed E-state index contributed by atoms with van der Waals surface area (Å²) in [6, 6.07) is 3.32. The predicted molar refractivity (Wildman–Crippen MR) is 99.1 cm³/mol. The summed E-state index contributed by atoms with van der Waals surface area (Å²) >= 11 is 0. The lowest BCUT2D eigenvalue weighted by Crippen LogP contribution is -2.46. The van der Waals surface area contributed by atoms with Crippen LogP contribution in [0, 0.1) is 0 Å². The van der Waals surface area contributed by atoms with Crippen LogP contribution in [0.5, 0.6) is 0 Å². The third-order valence-corrected chi connectivity index (χ3v) is 3.68. The van der Waals surface area contributed by atoms with E-state index in [-0.39, 0.29) is 29.7 Å². The Kier molecular flexibility index (Phi) is 8.38. The molecular formula is C15H25IN4O3. The smallest absolute Gasteiger partial charge is 0.284 e. The van der Waals surface area contributed by atoms with Crippen LogP contribution >= 0.6 is 24.0 Å². The van der Waals surface area contributed by atoms with E-state index < -0.39 is 5.91 Å². The molecule has 0 aliphatic carbocycles. The van der Waals surface area contributed by atoms with Crippen LogP contribution in [0.15, 0.2) is 21.5 Å². The number of hydrogen-bond acceptors (Lipinski definition) is 4. The Labute approximate surface area is 153 Å². The van der Waals surface area contributed by atoms with E-state index in [0.29, 0.717) is 18.4 Å². The van der Waals surface area contributed by atoms with Crippen molar-refractivity contribution < 1.29 is 13.9 Å². The first-order valence-corrected chi connectivity index (χ1v) is 7.59. The lowest BCUT2D eigenvalue weighted by Gasteiger charge is -2.33. The quantitative estimate of drug-likeness (QED) is 0.416. The second-order valence-electron chi connectivity index (χ2n) is 5.17. The molecule has 2 heterocycles. The van der Waals surface area contributed by atoms with Crippen molar-refractivity contribution >= 4 is 35.8 Å². The summed E-state index contributed by atoms with van der Waals surface area (Å²) in [4.78, 5) is 17.5. The van der Waals surface area contributed by atoms with Gasteiger partial charge in [0.05, 0.1) is 12.6 Å². The monoisotopic (exact) mass is 436 g/mol. The van der Waals surface area contributed by atoms with Crippen LogP contribution in [0.1, 0.15) is 36.1 Å². The number of guanidine groups is 1. The zero-order valence-corrected chi connectivity index (χ0v) is 15.9. The lowest BCUT2D eigenvalue weighted by atomic mass is 10.1. The first kappa shape index (κ1) is 19.8. The number of nitrogens with two attached hydrogens (primary N) is 1. The number of primary amides is 1. The predicted octanol–water partition coefficient (Wildman–Crippen LogP) is 1.57. The van der Waals surface area contributed by atoms with E-state index in [1.54, 1.807) is 19.2 Å². The Bertz CT molecular complexity index is 525. The zero-order valence-electron chi connectivity index (χ0n) is 13.6. The van der Waals surface area contributed by atoms with Crippen molar-refractivity contribution in [3.8, 4) is 0 Å². The molecule has 0 aromatic carbocycles. The second kappa shape index (κ2) is 9.76. The molecule has 7 nitrogen and oxygen atoms in total. The normalized spacial score (nSPS) is 16.1. The molecule has 0 unspecified atom stereocenters. The number of furan rings is 1. The maximum atomic E-state index is 11.0. The minimum Gasteiger partial charge on any atom is -0.454 e. The molecule has 1 aromatic rings. The number of carbonyl (C=O) groups is 1. The Morgan fingerprint density at radius 1 is 1.48 bits per heavy atom. The molecule has 1 aliphatic heterocycles. The van der Waals surface area contributed by atoms with Gasteiger partial charge in [-0.05, 0) is 31.9 Å². The molecule has 3 N–H and O–H groups in total. The zero-order chi connectivity index (χ0) is 15.9. The molecule has 0 saturated carbocycles. The highest BCUT2D eigenvalue weighted by atomic mass is 127. The van der Waals surface area contributed by atoms with Gasteiger partial charge in [0, 0.05) is 26.7 Å². The van der Waals surface area contributed by atoms with Crippen molar-refractivity contribution in [2.24, 2.45) is 10.7 Å². The highest BCUT2D eigenvalue weighted by Gasteiger charge is 2.21. The van der Waals surface area contributed by atoms with Gasteiger partial charge in [0.2, 0.25) is 0 Å². The van der Waals surface area contributed by atoms with Gasteiger partial charge in [-0.1, -0.05) is 0 Å². The summed E-state index contributed by atoms with van der Waals surface area (Å²) in [5.41, 5.74) is 5.17. The average molecular weight is 436 g/mol. The van der Waals surface area contributed by atoms with E-state index in [4.69, 9.17) is 14.9 Å². The summed E-state index contributed by atoms with van der Waals surface area (Å²) in [5, 5.41) is 3.24. The van der Waals surface area contributed by atoms with Gasteiger partial charge in [-0.25, -0.2) is 0 Å². The van der Waals surface area contributed by atoms with Crippen molar-refractivity contribution in [1.82, 2.24) is 10.2 Å². The minimum atomic E-state index is -0.561. The van der Waals surface area contributed by atoms with Crippen LogP contribution in [0.4, 0.5) is 0 Å². The van der Waals surface area contributed by atoms with Gasteiger partial charge < -0.3 is 25.1 Å². The summed E-state index contributed by atoms with van der Waals surface area (Å²) < 4.78 is 11.0. The molecule has 1 fully saturated rings. The number of hydrogen-bond donors (Lipinski definition) is 2. The minimum absolute atomic E-state index is 0. The van der Waals surface area contributed by atoms with Crippen LogP contribution < -0.4 is 11.1 Å². The van der Waals surface area contributed by atoms with Crippen LogP contribution in [0.3, 0.4) is 0 Å². The molecule has 0 atom stereocenters. The SMILES string of the molecule is CCOC1CCN(C(=NC)NCc2ccc(C(N)=O)o2)CC1.I. The van der Waals surface area contributed by atoms with Crippen LogP contribution in [0.2, 0.25) is 0 Å². The third-order valence-electron chi connectivity index (χ3n) is 3.68. The van der Waals surface area contributed by atoms with E-state index in [1.807, 2.05) is 6.92 Å². The molecule has 1 amide bonds. The van der Waals surface area contributed by atoms with Crippen LogP contribution in [0.25, 0.3) is 0 Å². The summed E-state index contributed by atoms with van der Waals surface area (Å²) in [5.74, 6) is 1.09. The molecule has 0 spiro atoms. The standard InChI is InChI=1S/C15H24N4O3.HI/c1-3-21-11-6-8-19(9-7-11)15(17-2)18-10-12-4-5-13(22-12)14(16)20;/h4-5,11H,3,6-10H2,1-2H3,(H2,16,20)(H,17,18);1H. The van der Waals surface area contributed by atoms with E-state index >= 15 is 0 Å². The fourth-order valence-corrected chi connectivity index (χ4v) is 2.57. The number of rotatable bonds is 5. The number of carbonyl (C=O) groups excluding carboxylic acids is 1. The second-order valence-corrected chi connectivity index (χ2v) is 5.17. The van der Waals surface area contributed by atoms with Gasteiger partial charge in [0.25, 0.3) is 5.91 Å². The number of nitrogens with one attached hydrogen (secondary N) is 1. The molecule has 2 rings (SSSR count). The Morgan fingerprint density at radius 2 is 2.17 bits per heavy atom. The lowest BCUT2D eigenvalue weighted by molar-refractivity contribution is 0.0263. The van der Waals surface area contributed by atoms with Crippen molar-refractivity contribution in [2.45, 2.75) is 32.4 Å². The summed E-state index contributed by atoms with van der Waals surface area (Å²) in [6.07, 6.45) is 2.35. The van der Waals surface area contributed by atoms with E-state index in [9.17, 15) is 4.79 Å². The van der Waals surface area contributed by atoms with E-state index in [0.717, 1.165) is 38.5 Å². The summed E-state index contributed by atoms with van der Waals surface area (Å²) in [7, 11) is 1.76. The number of likely N-dealkylation sites (tertiary alicyclic amines) is 1. The fraction of sp³-hybridized carbons (Fsp3) is 0.600. The number of halogens is 1. The van der Waals surface area contributed by atoms with Gasteiger partial charge in [0.1, 0.15) is 5.76 Å². The molecular weight excluding hydrogens is 411 g/mol.